The van der Waals surface area contributed by atoms with Gasteiger partial charge in [0.05, 0.1) is 4.92 Å². The first-order chi connectivity index (χ1) is 9.79. The molecule has 7 nitrogen and oxygen atoms in total. The molecule has 1 heterocycles. The predicted molar refractivity (Wildman–Crippen MR) is 78.2 cm³/mol. The zero-order valence-electron chi connectivity index (χ0n) is 10.2. The molecule has 0 spiro atoms. The molecule has 0 bridgehead atoms. The van der Waals surface area contributed by atoms with Crippen molar-refractivity contribution >= 4 is 44.7 Å². The van der Waals surface area contributed by atoms with Gasteiger partial charge in [-0.2, -0.15) is 0 Å². The van der Waals surface area contributed by atoms with Gasteiger partial charge in [0, 0.05) is 11.1 Å². The van der Waals surface area contributed by atoms with E-state index in [0.29, 0.717) is 0 Å². The Morgan fingerprint density at radius 1 is 1.19 bits per heavy atom. The van der Waals surface area contributed by atoms with E-state index in [-0.39, 0.29) is 16.0 Å². The lowest BCUT2D eigenvalue weighted by atomic mass is 10.3. The van der Waals surface area contributed by atoms with Gasteiger partial charge in [-0.1, -0.05) is 29.3 Å². The number of benzene rings is 1. The minimum absolute atomic E-state index is 0.0493. The Labute approximate surface area is 129 Å². The van der Waals surface area contributed by atoms with Crippen LogP contribution in [0.4, 0.5) is 11.5 Å². The Hall–Kier alpha value is -1.90. The van der Waals surface area contributed by atoms with Crippen molar-refractivity contribution < 1.29 is 13.3 Å². The second-order valence-electron chi connectivity index (χ2n) is 3.82. The zero-order chi connectivity index (χ0) is 15.6. The summed E-state index contributed by atoms with van der Waals surface area (Å²) in [6.45, 7) is 0. The monoisotopic (exact) mass is 347 g/mol. The molecule has 1 N–H and O–H groups in total. The van der Waals surface area contributed by atoms with E-state index in [9.17, 15) is 18.5 Å². The van der Waals surface area contributed by atoms with Crippen molar-refractivity contribution in [2.45, 2.75) is 4.90 Å². The van der Waals surface area contributed by atoms with Gasteiger partial charge in [-0.15, -0.1) is 0 Å². The fourth-order valence-corrected chi connectivity index (χ4v) is 3.00. The fraction of sp³-hybridized carbons (Fsp3) is 0. The van der Waals surface area contributed by atoms with Crippen LogP contribution >= 0.6 is 23.2 Å². The third-order valence-electron chi connectivity index (χ3n) is 2.36. The average Bonchev–Trinajstić information content (AvgIpc) is 2.37. The van der Waals surface area contributed by atoms with Gasteiger partial charge in [-0.3, -0.25) is 14.8 Å². The highest BCUT2D eigenvalue weighted by atomic mass is 35.5. The van der Waals surface area contributed by atoms with Crippen LogP contribution in [0.3, 0.4) is 0 Å². The van der Waals surface area contributed by atoms with Crippen molar-refractivity contribution in [2.75, 3.05) is 4.72 Å². The summed E-state index contributed by atoms with van der Waals surface area (Å²) in [6.07, 6.45) is 0. The summed E-state index contributed by atoms with van der Waals surface area (Å²) in [4.78, 5) is 13.4. The summed E-state index contributed by atoms with van der Waals surface area (Å²) in [5.74, 6) is -0.0493. The minimum Gasteiger partial charge on any atom is -0.263 e. The fourth-order valence-electron chi connectivity index (χ4n) is 1.52. The van der Waals surface area contributed by atoms with E-state index in [1.54, 1.807) is 0 Å². The number of nitrogens with one attached hydrogen (secondary N) is 1. The molecule has 0 aliphatic rings. The number of pyridine rings is 1. The maximum atomic E-state index is 12.2. The minimum atomic E-state index is -4.19. The molecule has 0 saturated carbocycles. The highest BCUT2D eigenvalue weighted by Crippen LogP contribution is 2.28. The van der Waals surface area contributed by atoms with E-state index < -0.39 is 25.5 Å². The molecule has 0 aliphatic heterocycles. The van der Waals surface area contributed by atoms with E-state index >= 15 is 0 Å². The van der Waals surface area contributed by atoms with Crippen molar-refractivity contribution in [1.29, 1.82) is 0 Å². The van der Waals surface area contributed by atoms with Gasteiger partial charge in [0.1, 0.15) is 11.0 Å². The molecule has 0 saturated heterocycles. The number of hydrogen-bond donors (Lipinski definition) is 1. The number of sulfonamides is 1. The van der Waals surface area contributed by atoms with Crippen molar-refractivity contribution in [3.05, 3.63) is 56.7 Å². The topological polar surface area (TPSA) is 102 Å². The van der Waals surface area contributed by atoms with Crippen LogP contribution in [0.1, 0.15) is 0 Å². The lowest BCUT2D eigenvalue weighted by Gasteiger charge is -2.08. The molecule has 1 aromatic carbocycles. The first kappa shape index (κ1) is 15.5. The summed E-state index contributed by atoms with van der Waals surface area (Å²) >= 11 is 11.3. The highest BCUT2D eigenvalue weighted by Gasteiger charge is 2.26. The molecular formula is C11H7Cl2N3O4S. The number of nitro benzene ring substituents is 1. The Kier molecular flexibility index (Phi) is 4.31. The average molecular weight is 348 g/mol. The first-order valence-electron chi connectivity index (χ1n) is 5.39. The van der Waals surface area contributed by atoms with E-state index in [1.165, 1.54) is 24.3 Å². The van der Waals surface area contributed by atoms with E-state index in [4.69, 9.17) is 23.2 Å². The third-order valence-corrected chi connectivity index (χ3v) is 4.21. The third kappa shape index (κ3) is 3.60. The van der Waals surface area contributed by atoms with Gasteiger partial charge in [-0.25, -0.2) is 13.4 Å². The number of nitro groups is 1. The Morgan fingerprint density at radius 2 is 1.90 bits per heavy atom. The lowest BCUT2D eigenvalue weighted by Crippen LogP contribution is -2.15. The SMILES string of the molecule is O=[N+]([O-])c1cc(Cl)ccc1S(=O)(=O)Nc1cccc(Cl)n1. The number of aromatic nitrogens is 1. The van der Waals surface area contributed by atoms with Crippen molar-refractivity contribution in [3.8, 4) is 0 Å². The van der Waals surface area contributed by atoms with Gasteiger partial charge in [0.25, 0.3) is 15.7 Å². The number of rotatable bonds is 4. The van der Waals surface area contributed by atoms with Crippen LogP contribution in [0.5, 0.6) is 0 Å². The van der Waals surface area contributed by atoms with Crippen LogP contribution in [0.15, 0.2) is 41.3 Å². The molecule has 1 aromatic heterocycles. The van der Waals surface area contributed by atoms with Gasteiger partial charge < -0.3 is 0 Å². The van der Waals surface area contributed by atoms with Crippen molar-refractivity contribution in [2.24, 2.45) is 0 Å². The molecule has 2 rings (SSSR count). The molecular weight excluding hydrogens is 341 g/mol. The molecule has 0 fully saturated rings. The second-order valence-corrected chi connectivity index (χ2v) is 6.29. The smallest absolute Gasteiger partial charge is 0.263 e. The number of anilines is 1. The molecule has 0 amide bonds. The Balaban J connectivity index is 2.47. The maximum Gasteiger partial charge on any atom is 0.291 e. The quantitative estimate of drug-likeness (QED) is 0.520. The van der Waals surface area contributed by atoms with Crippen LogP contribution in [-0.4, -0.2) is 18.3 Å². The normalized spacial score (nSPS) is 11.1. The lowest BCUT2D eigenvalue weighted by molar-refractivity contribution is -0.387. The summed E-state index contributed by atoms with van der Waals surface area (Å²) in [6, 6.07) is 7.57. The van der Waals surface area contributed by atoms with Gasteiger partial charge in [0.2, 0.25) is 0 Å². The number of halogens is 2. The van der Waals surface area contributed by atoms with Gasteiger partial charge in [-0.05, 0) is 24.3 Å². The summed E-state index contributed by atoms with van der Waals surface area (Å²) in [7, 11) is -4.19. The summed E-state index contributed by atoms with van der Waals surface area (Å²) in [5.41, 5.74) is -0.628. The second kappa shape index (κ2) is 5.84. The van der Waals surface area contributed by atoms with Gasteiger partial charge >= 0.3 is 0 Å². The van der Waals surface area contributed by atoms with E-state index in [1.807, 2.05) is 0 Å². The molecule has 10 heteroatoms. The maximum absolute atomic E-state index is 12.2. The molecule has 2 aromatic rings. The molecule has 0 aliphatic carbocycles. The van der Waals surface area contributed by atoms with Crippen LogP contribution in [0.25, 0.3) is 0 Å². The number of nitrogens with zero attached hydrogens (tertiary/aromatic N) is 2. The largest absolute Gasteiger partial charge is 0.291 e. The van der Waals surface area contributed by atoms with E-state index in [2.05, 4.69) is 9.71 Å². The first-order valence-corrected chi connectivity index (χ1v) is 7.63. The molecule has 0 unspecified atom stereocenters. The molecule has 110 valence electrons. The van der Waals surface area contributed by atoms with E-state index in [0.717, 1.165) is 12.1 Å². The van der Waals surface area contributed by atoms with Crippen molar-refractivity contribution in [1.82, 2.24) is 4.98 Å². The Bertz CT molecular complexity index is 811. The number of hydrogen-bond acceptors (Lipinski definition) is 5. The summed E-state index contributed by atoms with van der Waals surface area (Å²) in [5, 5.41) is 11.1. The van der Waals surface area contributed by atoms with Crippen LogP contribution in [-0.2, 0) is 10.0 Å². The van der Waals surface area contributed by atoms with Crippen LogP contribution in [0.2, 0.25) is 10.2 Å². The predicted octanol–water partition coefficient (Wildman–Crippen LogP) is 3.10. The standard InChI is InChI=1S/C11H7Cl2N3O4S/c12-7-4-5-9(8(6-7)16(17)18)21(19,20)15-11-3-1-2-10(13)14-11/h1-6H,(H,14,15). The van der Waals surface area contributed by atoms with Crippen molar-refractivity contribution in [3.63, 3.8) is 0 Å². The van der Waals surface area contributed by atoms with Crippen LogP contribution in [0, 0.1) is 10.1 Å². The Morgan fingerprint density at radius 3 is 2.52 bits per heavy atom. The molecule has 0 radical (unpaired) electrons. The van der Waals surface area contributed by atoms with Gasteiger partial charge in [0.15, 0.2) is 4.90 Å². The molecule has 0 atom stereocenters. The molecule has 21 heavy (non-hydrogen) atoms. The zero-order valence-corrected chi connectivity index (χ0v) is 12.5. The highest BCUT2D eigenvalue weighted by molar-refractivity contribution is 7.92. The van der Waals surface area contributed by atoms with Crippen LogP contribution < -0.4 is 4.72 Å². The summed E-state index contributed by atoms with van der Waals surface area (Å²) < 4.78 is 26.5.